The van der Waals surface area contributed by atoms with Crippen LogP contribution in [0.15, 0.2) is 29.1 Å². The Morgan fingerprint density at radius 2 is 1.76 bits per heavy atom. The average Bonchev–Trinajstić information content (AvgIpc) is 2.74. The summed E-state index contributed by atoms with van der Waals surface area (Å²) in [5.74, 6) is 0.285. The summed E-state index contributed by atoms with van der Waals surface area (Å²) in [6, 6.07) is 6.77. The number of nitrogens with one attached hydrogen (secondary N) is 2. The molecule has 0 saturated heterocycles. The number of rotatable bonds is 4. The molecule has 1 aromatic heterocycles. The molecule has 2 N–H and O–H groups in total. The lowest BCUT2D eigenvalue weighted by Gasteiger charge is -2.06. The van der Waals surface area contributed by atoms with Crippen LogP contribution in [0.4, 0.5) is 11.4 Å². The molecule has 2 aromatic rings. The molecule has 0 radical (unpaired) electrons. The number of benzene rings is 1. The van der Waals surface area contributed by atoms with Gasteiger partial charge in [0.1, 0.15) is 12.4 Å². The Bertz CT molecular complexity index is 835. The summed E-state index contributed by atoms with van der Waals surface area (Å²) in [6.07, 6.45) is 3.85. The Kier molecular flexibility index (Phi) is 4.97. The van der Waals surface area contributed by atoms with E-state index in [1.807, 2.05) is 0 Å². The monoisotopic (exact) mass is 343 g/mol. The van der Waals surface area contributed by atoms with E-state index < -0.39 is 0 Å². The van der Waals surface area contributed by atoms with E-state index in [9.17, 15) is 14.4 Å². The van der Waals surface area contributed by atoms with E-state index in [4.69, 9.17) is 0 Å². The number of amides is 2. The summed E-state index contributed by atoms with van der Waals surface area (Å²) in [5, 5.41) is 9.68. The molecule has 3 rings (SSSR count). The Hall–Kier alpha value is -2.90. The highest BCUT2D eigenvalue weighted by molar-refractivity contribution is 5.92. The van der Waals surface area contributed by atoms with Crippen molar-refractivity contribution in [3.05, 3.63) is 40.6 Å². The zero-order chi connectivity index (χ0) is 17.8. The van der Waals surface area contributed by atoms with Crippen molar-refractivity contribution in [1.82, 2.24) is 14.3 Å². The van der Waals surface area contributed by atoms with Crippen LogP contribution in [0.5, 0.6) is 0 Å². The average molecular weight is 343 g/mol. The van der Waals surface area contributed by atoms with Gasteiger partial charge in [0.15, 0.2) is 0 Å². The molecule has 132 valence electrons. The summed E-state index contributed by atoms with van der Waals surface area (Å²) in [7, 11) is 0. The smallest absolute Gasteiger partial charge is 0.326 e. The van der Waals surface area contributed by atoms with Crippen LogP contribution in [0.3, 0.4) is 0 Å². The maximum atomic E-state index is 12.3. The molecule has 2 amide bonds. The second-order valence-corrected chi connectivity index (χ2v) is 6.13. The van der Waals surface area contributed by atoms with Crippen molar-refractivity contribution in [2.24, 2.45) is 0 Å². The summed E-state index contributed by atoms with van der Waals surface area (Å²) in [5.41, 5.74) is 1.01. The van der Waals surface area contributed by atoms with Gasteiger partial charge in [-0.3, -0.25) is 14.2 Å². The summed E-state index contributed by atoms with van der Waals surface area (Å²) in [6.45, 7) is 1.98. The number of hydrogen-bond acceptors (Lipinski definition) is 4. The first kappa shape index (κ1) is 16.9. The van der Waals surface area contributed by atoms with Crippen molar-refractivity contribution in [1.29, 1.82) is 0 Å². The fourth-order valence-corrected chi connectivity index (χ4v) is 2.90. The van der Waals surface area contributed by atoms with Gasteiger partial charge in [-0.1, -0.05) is 6.42 Å². The molecule has 0 bridgehead atoms. The maximum absolute atomic E-state index is 12.3. The van der Waals surface area contributed by atoms with E-state index in [1.54, 1.807) is 28.8 Å². The first-order valence-corrected chi connectivity index (χ1v) is 8.37. The Morgan fingerprint density at radius 3 is 2.44 bits per heavy atom. The predicted octanol–water partition coefficient (Wildman–Crippen LogP) is 1.37. The van der Waals surface area contributed by atoms with Gasteiger partial charge in [0.25, 0.3) is 0 Å². The van der Waals surface area contributed by atoms with Crippen molar-refractivity contribution >= 4 is 23.2 Å². The Morgan fingerprint density at radius 1 is 1.08 bits per heavy atom. The first-order valence-electron chi connectivity index (χ1n) is 8.37. The third kappa shape index (κ3) is 4.14. The van der Waals surface area contributed by atoms with Crippen molar-refractivity contribution in [3.63, 3.8) is 0 Å². The van der Waals surface area contributed by atoms with Crippen LogP contribution in [0.1, 0.15) is 32.0 Å². The molecule has 8 nitrogen and oxygen atoms in total. The van der Waals surface area contributed by atoms with Gasteiger partial charge in [-0.2, -0.15) is 5.10 Å². The van der Waals surface area contributed by atoms with E-state index in [0.717, 1.165) is 31.5 Å². The summed E-state index contributed by atoms with van der Waals surface area (Å²) < 4.78 is 2.89. The minimum absolute atomic E-state index is 0.119. The number of hydrogen-bond donors (Lipinski definition) is 2. The predicted molar refractivity (Wildman–Crippen MR) is 93.4 cm³/mol. The van der Waals surface area contributed by atoms with Crippen LogP contribution in [0.2, 0.25) is 0 Å². The van der Waals surface area contributed by atoms with Gasteiger partial charge in [-0.25, -0.2) is 9.48 Å². The normalized spacial score (nSPS) is 13.6. The minimum atomic E-state index is -0.317. The largest absolute Gasteiger partial charge is 0.346 e. The van der Waals surface area contributed by atoms with Gasteiger partial charge in [-0.15, -0.1) is 0 Å². The number of carbonyl (C=O) groups excluding carboxylic acids is 2. The SMILES string of the molecule is CC(=O)Nc1ccc(NC(=O)Cn2nc3n(c2=O)CCCCC3)cc1. The molecule has 0 saturated carbocycles. The van der Waals surface area contributed by atoms with E-state index >= 15 is 0 Å². The van der Waals surface area contributed by atoms with Crippen LogP contribution in [0.25, 0.3) is 0 Å². The van der Waals surface area contributed by atoms with Crippen LogP contribution in [0, 0.1) is 0 Å². The van der Waals surface area contributed by atoms with Gasteiger partial charge < -0.3 is 10.6 Å². The van der Waals surface area contributed by atoms with Crippen LogP contribution >= 0.6 is 0 Å². The molecule has 2 heterocycles. The van der Waals surface area contributed by atoms with Gasteiger partial charge in [0.2, 0.25) is 11.8 Å². The third-order valence-corrected chi connectivity index (χ3v) is 4.06. The highest BCUT2D eigenvalue weighted by atomic mass is 16.2. The number of aromatic nitrogens is 3. The minimum Gasteiger partial charge on any atom is -0.326 e. The Balaban J connectivity index is 1.65. The molecular weight excluding hydrogens is 322 g/mol. The van der Waals surface area contributed by atoms with E-state index in [1.165, 1.54) is 11.6 Å². The summed E-state index contributed by atoms with van der Waals surface area (Å²) in [4.78, 5) is 35.5. The van der Waals surface area contributed by atoms with Crippen molar-refractivity contribution in [3.8, 4) is 0 Å². The lowest BCUT2D eigenvalue weighted by atomic mass is 10.2. The molecule has 25 heavy (non-hydrogen) atoms. The van der Waals surface area contributed by atoms with E-state index in [-0.39, 0.29) is 24.0 Å². The van der Waals surface area contributed by atoms with Gasteiger partial charge in [0, 0.05) is 31.3 Å². The number of aryl methyl sites for hydroxylation is 1. The molecule has 8 heteroatoms. The number of nitrogens with zero attached hydrogens (tertiary/aromatic N) is 3. The maximum Gasteiger partial charge on any atom is 0.346 e. The first-order chi connectivity index (χ1) is 12.0. The zero-order valence-corrected chi connectivity index (χ0v) is 14.1. The van der Waals surface area contributed by atoms with Crippen molar-refractivity contribution in [2.75, 3.05) is 10.6 Å². The van der Waals surface area contributed by atoms with Gasteiger partial charge in [-0.05, 0) is 37.1 Å². The highest BCUT2D eigenvalue weighted by Gasteiger charge is 2.17. The molecule has 0 spiro atoms. The fourth-order valence-electron chi connectivity index (χ4n) is 2.90. The molecule has 0 aliphatic carbocycles. The van der Waals surface area contributed by atoms with Gasteiger partial charge in [0.05, 0.1) is 0 Å². The molecule has 0 fully saturated rings. The fraction of sp³-hybridized carbons (Fsp3) is 0.412. The summed E-state index contributed by atoms with van der Waals surface area (Å²) >= 11 is 0. The topological polar surface area (TPSA) is 98.0 Å². The molecule has 0 atom stereocenters. The van der Waals surface area contributed by atoms with Gasteiger partial charge >= 0.3 is 5.69 Å². The van der Waals surface area contributed by atoms with Crippen LogP contribution in [-0.4, -0.2) is 26.2 Å². The quantitative estimate of drug-likeness (QED) is 0.876. The number of carbonyl (C=O) groups is 2. The zero-order valence-electron chi connectivity index (χ0n) is 14.1. The second-order valence-electron chi connectivity index (χ2n) is 6.13. The molecule has 1 aliphatic rings. The van der Waals surface area contributed by atoms with Crippen molar-refractivity contribution in [2.45, 2.75) is 45.7 Å². The highest BCUT2D eigenvalue weighted by Crippen LogP contribution is 2.14. The Labute approximate surface area is 144 Å². The van der Waals surface area contributed by atoms with Crippen molar-refractivity contribution < 1.29 is 9.59 Å². The molecule has 1 aliphatic heterocycles. The van der Waals surface area contributed by atoms with Crippen LogP contribution in [-0.2, 0) is 29.1 Å². The lowest BCUT2D eigenvalue weighted by molar-refractivity contribution is -0.117. The van der Waals surface area contributed by atoms with E-state index in [2.05, 4.69) is 15.7 Å². The lowest BCUT2D eigenvalue weighted by Crippen LogP contribution is -2.30. The molecule has 1 aromatic carbocycles. The molecule has 0 unspecified atom stereocenters. The number of fused-ring (bicyclic) bond motifs is 1. The third-order valence-electron chi connectivity index (χ3n) is 4.06. The second kappa shape index (κ2) is 7.33. The number of anilines is 2. The van der Waals surface area contributed by atoms with Crippen LogP contribution < -0.4 is 16.3 Å². The van der Waals surface area contributed by atoms with E-state index in [0.29, 0.717) is 17.9 Å². The standard InChI is InChI=1S/C17H21N5O3/c1-12(23)18-13-6-8-14(9-7-13)19-16(24)11-22-17(25)21-10-4-2-3-5-15(21)20-22/h6-9H,2-5,10-11H2,1H3,(H,18,23)(H,19,24). The molecular formula is C17H21N5O3.